The lowest BCUT2D eigenvalue weighted by Crippen LogP contribution is -2.38. The molecule has 0 aromatic heterocycles. The highest BCUT2D eigenvalue weighted by molar-refractivity contribution is 5.89. The highest BCUT2D eigenvalue weighted by Crippen LogP contribution is 2.21. The first-order valence-electron chi connectivity index (χ1n) is 7.99. The molecule has 0 saturated carbocycles. The van der Waals surface area contributed by atoms with Crippen molar-refractivity contribution < 1.29 is 24.2 Å². The molecule has 6 heteroatoms. The van der Waals surface area contributed by atoms with Crippen LogP contribution in [-0.4, -0.2) is 46.7 Å². The van der Waals surface area contributed by atoms with Crippen molar-refractivity contribution in [1.29, 1.82) is 0 Å². The molecule has 0 unspecified atom stereocenters. The molecule has 0 radical (unpaired) electrons. The van der Waals surface area contributed by atoms with Crippen LogP contribution in [0.25, 0.3) is 10.8 Å². The lowest BCUT2D eigenvalue weighted by atomic mass is 10.0. The standard InChI is InChI=1S/C15H16FN.C4H4O4/c16-14-5-6-15-12(3-1-4-13(15)11-14)7-10-17-8-2-9-17;5-3(6)1-2-4(7)8/h1,3-6,11H,2,7-10H2;1-2H,(H,5,6)(H,7,8)/b;2-1+. The van der Waals surface area contributed by atoms with Gasteiger partial charge in [-0.3, -0.25) is 0 Å². The Morgan fingerprint density at radius 2 is 1.76 bits per heavy atom. The smallest absolute Gasteiger partial charge is 0.328 e. The normalized spacial score (nSPS) is 14.0. The number of carboxylic acid groups (broad SMARTS) is 2. The number of fused-ring (bicyclic) bond motifs is 1. The van der Waals surface area contributed by atoms with Gasteiger partial charge < -0.3 is 15.1 Å². The van der Waals surface area contributed by atoms with Gasteiger partial charge in [0.1, 0.15) is 5.82 Å². The first-order chi connectivity index (χ1) is 12.0. The molecule has 0 amide bonds. The van der Waals surface area contributed by atoms with Crippen LogP contribution >= 0.6 is 0 Å². The van der Waals surface area contributed by atoms with Gasteiger partial charge >= 0.3 is 11.9 Å². The Morgan fingerprint density at radius 1 is 1.08 bits per heavy atom. The van der Waals surface area contributed by atoms with E-state index in [-0.39, 0.29) is 5.82 Å². The van der Waals surface area contributed by atoms with Gasteiger partial charge in [-0.25, -0.2) is 14.0 Å². The van der Waals surface area contributed by atoms with Gasteiger partial charge in [-0.1, -0.05) is 24.3 Å². The Balaban J connectivity index is 0.000000242. The van der Waals surface area contributed by atoms with Crippen molar-refractivity contribution in [1.82, 2.24) is 4.90 Å². The minimum Gasteiger partial charge on any atom is -0.478 e. The molecule has 1 fully saturated rings. The van der Waals surface area contributed by atoms with Crippen LogP contribution in [0.2, 0.25) is 0 Å². The van der Waals surface area contributed by atoms with Crippen LogP contribution < -0.4 is 0 Å². The summed E-state index contributed by atoms with van der Waals surface area (Å²) in [4.78, 5) is 21.6. The third-order valence-corrected chi connectivity index (χ3v) is 3.95. The zero-order chi connectivity index (χ0) is 18.2. The van der Waals surface area contributed by atoms with Crippen LogP contribution in [0, 0.1) is 5.82 Å². The van der Waals surface area contributed by atoms with E-state index in [0.717, 1.165) is 18.4 Å². The topological polar surface area (TPSA) is 77.8 Å². The molecule has 1 aliphatic rings. The monoisotopic (exact) mass is 345 g/mol. The van der Waals surface area contributed by atoms with Crippen LogP contribution in [-0.2, 0) is 16.0 Å². The van der Waals surface area contributed by atoms with E-state index in [4.69, 9.17) is 10.2 Å². The Hall–Kier alpha value is -2.73. The van der Waals surface area contributed by atoms with Gasteiger partial charge in [-0.05, 0) is 54.4 Å². The van der Waals surface area contributed by atoms with E-state index in [0.29, 0.717) is 12.2 Å². The van der Waals surface area contributed by atoms with Crippen LogP contribution in [0.3, 0.4) is 0 Å². The Morgan fingerprint density at radius 3 is 2.32 bits per heavy atom. The number of likely N-dealkylation sites (tertiary alicyclic amines) is 1. The zero-order valence-corrected chi connectivity index (χ0v) is 13.7. The van der Waals surface area contributed by atoms with Crippen molar-refractivity contribution >= 4 is 22.7 Å². The number of benzene rings is 2. The van der Waals surface area contributed by atoms with Gasteiger partial charge in [0.15, 0.2) is 0 Å². The minimum atomic E-state index is -1.26. The molecule has 2 N–H and O–H groups in total. The fraction of sp³-hybridized carbons (Fsp3) is 0.263. The number of nitrogens with zero attached hydrogens (tertiary/aromatic N) is 1. The van der Waals surface area contributed by atoms with Crippen molar-refractivity contribution in [2.24, 2.45) is 0 Å². The molecule has 2 aromatic carbocycles. The van der Waals surface area contributed by atoms with E-state index >= 15 is 0 Å². The summed E-state index contributed by atoms with van der Waals surface area (Å²) in [6, 6.07) is 11.2. The van der Waals surface area contributed by atoms with Gasteiger partial charge in [0.05, 0.1) is 0 Å². The molecule has 5 nitrogen and oxygen atoms in total. The average Bonchev–Trinajstić information content (AvgIpc) is 2.52. The van der Waals surface area contributed by atoms with E-state index in [1.807, 2.05) is 18.2 Å². The van der Waals surface area contributed by atoms with Crippen molar-refractivity contribution in [3.8, 4) is 0 Å². The molecular weight excluding hydrogens is 325 g/mol. The van der Waals surface area contributed by atoms with E-state index in [9.17, 15) is 14.0 Å². The highest BCUT2D eigenvalue weighted by Gasteiger charge is 2.13. The fourth-order valence-electron chi connectivity index (χ4n) is 2.57. The molecule has 25 heavy (non-hydrogen) atoms. The number of carbonyl (C=O) groups is 2. The quantitative estimate of drug-likeness (QED) is 0.815. The first kappa shape index (κ1) is 18.6. The average molecular weight is 345 g/mol. The molecule has 1 aliphatic heterocycles. The number of carboxylic acids is 2. The Bertz CT molecular complexity index is 768. The van der Waals surface area contributed by atoms with Gasteiger partial charge in [0.2, 0.25) is 0 Å². The summed E-state index contributed by atoms with van der Waals surface area (Å²) in [5.41, 5.74) is 1.33. The molecule has 0 bridgehead atoms. The number of halogens is 1. The van der Waals surface area contributed by atoms with Crippen molar-refractivity contribution in [2.45, 2.75) is 12.8 Å². The van der Waals surface area contributed by atoms with Gasteiger partial charge in [-0.15, -0.1) is 0 Å². The van der Waals surface area contributed by atoms with Crippen LogP contribution in [0.1, 0.15) is 12.0 Å². The summed E-state index contributed by atoms with van der Waals surface area (Å²) < 4.78 is 13.1. The van der Waals surface area contributed by atoms with E-state index in [1.54, 1.807) is 12.1 Å². The number of hydrogen-bond acceptors (Lipinski definition) is 3. The van der Waals surface area contributed by atoms with Crippen LogP contribution in [0.4, 0.5) is 4.39 Å². The maximum atomic E-state index is 13.1. The van der Waals surface area contributed by atoms with Gasteiger partial charge in [0.25, 0.3) is 0 Å². The largest absolute Gasteiger partial charge is 0.478 e. The van der Waals surface area contributed by atoms with Crippen LogP contribution in [0.15, 0.2) is 48.6 Å². The molecule has 1 heterocycles. The maximum absolute atomic E-state index is 13.1. The lowest BCUT2D eigenvalue weighted by Gasteiger charge is -2.30. The minimum absolute atomic E-state index is 0.155. The summed E-state index contributed by atoms with van der Waals surface area (Å²) in [6.45, 7) is 3.59. The molecule has 3 rings (SSSR count). The summed E-state index contributed by atoms with van der Waals surface area (Å²) in [7, 11) is 0. The second-order valence-corrected chi connectivity index (χ2v) is 5.74. The predicted molar refractivity (Wildman–Crippen MR) is 93.1 cm³/mol. The lowest BCUT2D eigenvalue weighted by molar-refractivity contribution is -0.134. The zero-order valence-electron chi connectivity index (χ0n) is 13.7. The van der Waals surface area contributed by atoms with Crippen molar-refractivity contribution in [2.75, 3.05) is 19.6 Å². The number of hydrogen-bond donors (Lipinski definition) is 2. The Labute approximate surface area is 145 Å². The van der Waals surface area contributed by atoms with Crippen molar-refractivity contribution in [3.05, 3.63) is 59.9 Å². The predicted octanol–water partition coefficient (Wildman–Crippen LogP) is 2.94. The highest BCUT2D eigenvalue weighted by atomic mass is 19.1. The molecule has 132 valence electrons. The molecule has 0 aliphatic carbocycles. The number of rotatable bonds is 5. The summed E-state index contributed by atoms with van der Waals surface area (Å²) >= 11 is 0. The first-order valence-corrected chi connectivity index (χ1v) is 7.99. The molecule has 0 spiro atoms. The maximum Gasteiger partial charge on any atom is 0.328 e. The second-order valence-electron chi connectivity index (χ2n) is 5.74. The van der Waals surface area contributed by atoms with Gasteiger partial charge in [-0.2, -0.15) is 0 Å². The summed E-state index contributed by atoms with van der Waals surface area (Å²) in [5, 5.41) is 17.8. The molecular formula is C19H20FNO4. The summed E-state index contributed by atoms with van der Waals surface area (Å²) in [5.74, 6) is -2.67. The molecule has 1 saturated heterocycles. The SMILES string of the molecule is Fc1ccc2c(CCN3CCC3)cccc2c1.O=C(O)/C=C/C(=O)O. The fourth-order valence-corrected chi connectivity index (χ4v) is 2.57. The molecule has 0 atom stereocenters. The number of aliphatic carboxylic acids is 2. The van der Waals surface area contributed by atoms with Gasteiger partial charge in [0, 0.05) is 18.7 Å². The van der Waals surface area contributed by atoms with E-state index in [2.05, 4.69) is 11.0 Å². The second kappa shape index (κ2) is 8.94. The molecule has 2 aromatic rings. The van der Waals surface area contributed by atoms with Crippen molar-refractivity contribution in [3.63, 3.8) is 0 Å². The van der Waals surface area contributed by atoms with E-state index in [1.165, 1.54) is 30.5 Å². The summed E-state index contributed by atoms with van der Waals surface area (Å²) in [6.07, 6.45) is 3.51. The Kier molecular flexibility index (Phi) is 6.65. The van der Waals surface area contributed by atoms with E-state index < -0.39 is 11.9 Å². The third-order valence-electron chi connectivity index (χ3n) is 3.95. The van der Waals surface area contributed by atoms with Crippen LogP contribution in [0.5, 0.6) is 0 Å². The third kappa shape index (κ3) is 6.00.